The Balaban J connectivity index is 1.83. The van der Waals surface area contributed by atoms with E-state index in [1.807, 2.05) is 31.9 Å². The summed E-state index contributed by atoms with van der Waals surface area (Å²) in [7, 11) is 0. The molecule has 200 valence electrons. The minimum atomic E-state index is -0.887. The standard InChI is InChI=1S/C17H21N2O3.C13H27.Sn/c1-17(2,3)22-16(20)19-14-8-13(9-15(19)11-21-10-14)12-4-6-18-7-5-12;1-4-7-10-13(11-8-5-2)12-9-6-3;/h4-6,8,14-15H,9-11H2,1-3H3;4-12H2,1-3H3;. The van der Waals surface area contributed by atoms with E-state index in [1.54, 1.807) is 0 Å². The zero-order chi connectivity index (χ0) is 26.2. The van der Waals surface area contributed by atoms with E-state index in [2.05, 4.69) is 39.0 Å². The van der Waals surface area contributed by atoms with Gasteiger partial charge in [-0.3, -0.25) is 0 Å². The number of morpholine rings is 1. The van der Waals surface area contributed by atoms with Crippen molar-refractivity contribution in [3.63, 3.8) is 0 Å². The Morgan fingerprint density at radius 2 is 1.72 bits per heavy atom. The van der Waals surface area contributed by atoms with Crippen LogP contribution in [0.3, 0.4) is 0 Å². The molecule has 1 fully saturated rings. The molecule has 1 amide bonds. The first kappa shape index (κ1) is 29.5. The average Bonchev–Trinajstić information content (AvgIpc) is 2.83. The second kappa shape index (κ2) is 13.6. The van der Waals surface area contributed by atoms with Crippen LogP contribution in [0.25, 0.3) is 5.57 Å². The molecule has 0 aromatic carbocycles. The maximum absolute atomic E-state index is 13.0. The van der Waals surface area contributed by atoms with Gasteiger partial charge in [0, 0.05) is 0 Å². The van der Waals surface area contributed by atoms with Crippen molar-refractivity contribution in [3.8, 4) is 0 Å². The Bertz CT molecular complexity index is 857. The summed E-state index contributed by atoms with van der Waals surface area (Å²) in [5.41, 5.74) is 2.12. The summed E-state index contributed by atoms with van der Waals surface area (Å²) in [6.45, 7) is 13.8. The zero-order valence-corrected chi connectivity index (χ0v) is 26.4. The van der Waals surface area contributed by atoms with Gasteiger partial charge < -0.3 is 0 Å². The number of hydrogen-bond donors (Lipinski definition) is 0. The van der Waals surface area contributed by atoms with Crippen molar-refractivity contribution in [1.29, 1.82) is 0 Å². The van der Waals surface area contributed by atoms with Crippen LogP contribution >= 0.6 is 0 Å². The summed E-state index contributed by atoms with van der Waals surface area (Å²) in [6.07, 6.45) is 16.8. The van der Waals surface area contributed by atoms with Crippen LogP contribution in [-0.4, -0.2) is 68.0 Å². The molecule has 5 nitrogen and oxygen atoms in total. The number of pyridine rings is 1. The molecule has 2 aliphatic rings. The molecule has 36 heavy (non-hydrogen) atoms. The number of nitrogens with zero attached hydrogens (tertiary/aromatic N) is 2. The van der Waals surface area contributed by atoms with Gasteiger partial charge in [0.25, 0.3) is 0 Å². The topological polar surface area (TPSA) is 51.7 Å². The summed E-state index contributed by atoms with van der Waals surface area (Å²) in [4.78, 5) is 19.8. The van der Waals surface area contributed by atoms with Crippen molar-refractivity contribution in [3.05, 3.63) is 30.0 Å². The molecular formula is C30H48N2O3Sn. The molecule has 1 saturated heterocycles. The van der Waals surface area contributed by atoms with Crippen molar-refractivity contribution >= 4 is 36.5 Å². The summed E-state index contributed by atoms with van der Waals surface area (Å²) in [6, 6.07) is 4.51. The van der Waals surface area contributed by atoms with Crippen LogP contribution in [0.15, 0.2) is 24.4 Å². The van der Waals surface area contributed by atoms with E-state index in [9.17, 15) is 4.79 Å². The predicted molar refractivity (Wildman–Crippen MR) is 150 cm³/mol. The third-order valence-electron chi connectivity index (χ3n) is 7.35. The number of carbonyl (C=O) groups excluding carboxylic acids is 1. The monoisotopic (exact) mass is 604 g/mol. The molecule has 2 unspecified atom stereocenters. The van der Waals surface area contributed by atoms with Gasteiger partial charge in [-0.05, 0) is 0 Å². The molecule has 1 aromatic rings. The van der Waals surface area contributed by atoms with E-state index in [4.69, 9.17) is 14.5 Å². The number of ether oxygens (including phenoxy) is 2. The average molecular weight is 603 g/mol. The molecule has 0 spiro atoms. The number of carbonyl (C=O) groups is 1. The van der Waals surface area contributed by atoms with Gasteiger partial charge in [-0.2, -0.15) is 0 Å². The van der Waals surface area contributed by atoms with Gasteiger partial charge in [-0.1, -0.05) is 0 Å². The molecule has 6 heteroatoms. The van der Waals surface area contributed by atoms with Crippen LogP contribution in [0.4, 0.5) is 4.79 Å². The number of amides is 1. The van der Waals surface area contributed by atoms with E-state index >= 15 is 0 Å². The number of hydrogen-bond acceptors (Lipinski definition) is 4. The Hall–Kier alpha value is -1.08. The molecule has 2 atom stereocenters. The van der Waals surface area contributed by atoms with Crippen molar-refractivity contribution in [2.75, 3.05) is 13.2 Å². The van der Waals surface area contributed by atoms with Gasteiger partial charge in [0.15, 0.2) is 0 Å². The minimum absolute atomic E-state index is 0.0213. The van der Waals surface area contributed by atoms with Crippen LogP contribution < -0.4 is 3.71 Å². The fourth-order valence-electron chi connectivity index (χ4n) is 5.49. The molecule has 0 N–H and O–H groups in total. The van der Waals surface area contributed by atoms with Crippen LogP contribution in [0.2, 0.25) is 3.43 Å². The third kappa shape index (κ3) is 8.21. The molecule has 3 rings (SSSR count). The number of aromatic nitrogens is 1. The second-order valence-electron chi connectivity index (χ2n) is 11.7. The Morgan fingerprint density at radius 1 is 1.08 bits per heavy atom. The van der Waals surface area contributed by atoms with Gasteiger partial charge in [0.2, 0.25) is 0 Å². The quantitative estimate of drug-likeness (QED) is 0.243. The SMILES string of the molecule is CCCC[C](CCCC)(CCCC)[Sn][c]1cc(C2=CC3COCC(C2)N3C(=O)OC(C)(C)C)ccn1. The van der Waals surface area contributed by atoms with Crippen LogP contribution in [0, 0.1) is 0 Å². The van der Waals surface area contributed by atoms with E-state index in [0.29, 0.717) is 16.6 Å². The van der Waals surface area contributed by atoms with Crippen LogP contribution in [0.5, 0.6) is 0 Å². The first-order chi connectivity index (χ1) is 17.2. The molecule has 0 aliphatic carbocycles. The Kier molecular flexibility index (Phi) is 11.2. The molecule has 2 aliphatic heterocycles. The predicted octanol–water partition coefficient (Wildman–Crippen LogP) is 6.93. The number of rotatable bonds is 12. The Labute approximate surface area is 230 Å². The number of unbranched alkanes of at least 4 members (excludes halogenated alkanes) is 3. The van der Waals surface area contributed by atoms with E-state index in [1.165, 1.54) is 72.6 Å². The number of fused-ring (bicyclic) bond motifs is 2. The molecule has 0 saturated carbocycles. The van der Waals surface area contributed by atoms with Gasteiger partial charge in [0.05, 0.1) is 0 Å². The fourth-order valence-corrected chi connectivity index (χ4v) is 10.7. The Morgan fingerprint density at radius 3 is 2.28 bits per heavy atom. The normalized spacial score (nSPS) is 20.3. The van der Waals surface area contributed by atoms with E-state index < -0.39 is 26.7 Å². The van der Waals surface area contributed by atoms with Crippen LogP contribution in [0.1, 0.15) is 111 Å². The molecule has 3 heterocycles. The van der Waals surface area contributed by atoms with Crippen molar-refractivity contribution in [2.45, 2.75) is 127 Å². The molecular weight excluding hydrogens is 555 g/mol. The molecule has 1 aromatic heterocycles. The van der Waals surface area contributed by atoms with Gasteiger partial charge in [-0.25, -0.2) is 0 Å². The van der Waals surface area contributed by atoms with Crippen LogP contribution in [-0.2, 0) is 9.47 Å². The van der Waals surface area contributed by atoms with Crippen molar-refractivity contribution in [1.82, 2.24) is 9.88 Å². The van der Waals surface area contributed by atoms with Gasteiger partial charge in [-0.15, -0.1) is 0 Å². The molecule has 2 radical (unpaired) electrons. The summed E-state index contributed by atoms with van der Waals surface area (Å²) < 4.78 is 13.5. The second-order valence-corrected chi connectivity index (χ2v) is 16.9. The summed E-state index contributed by atoms with van der Waals surface area (Å²) >= 11 is -0.887. The maximum atomic E-state index is 13.0. The third-order valence-corrected chi connectivity index (χ3v) is 12.5. The van der Waals surface area contributed by atoms with Gasteiger partial charge >= 0.3 is 231 Å². The first-order valence-electron chi connectivity index (χ1n) is 14.2. The summed E-state index contributed by atoms with van der Waals surface area (Å²) in [5.74, 6) is 0. The van der Waals surface area contributed by atoms with Gasteiger partial charge in [0.1, 0.15) is 0 Å². The first-order valence-corrected chi connectivity index (χ1v) is 17.1. The van der Waals surface area contributed by atoms with Crippen molar-refractivity contribution < 1.29 is 14.3 Å². The van der Waals surface area contributed by atoms with E-state index in [-0.39, 0.29) is 18.2 Å². The zero-order valence-electron chi connectivity index (χ0n) is 23.6. The summed E-state index contributed by atoms with van der Waals surface area (Å²) in [5, 5.41) is 0. The fraction of sp³-hybridized carbons (Fsp3) is 0.733. The van der Waals surface area contributed by atoms with Crippen molar-refractivity contribution in [2.24, 2.45) is 0 Å². The molecule has 2 bridgehead atoms. The van der Waals surface area contributed by atoms with E-state index in [0.717, 1.165) is 6.42 Å².